The van der Waals surface area contributed by atoms with Crippen molar-refractivity contribution in [3.05, 3.63) is 114 Å². The number of anilines is 1. The van der Waals surface area contributed by atoms with E-state index in [1.54, 1.807) is 16.8 Å². The molecule has 0 fully saturated rings. The molecule has 2 aromatic heterocycles. The number of hydrogen-bond acceptors (Lipinski definition) is 4. The van der Waals surface area contributed by atoms with Crippen LogP contribution in [0.1, 0.15) is 54.1 Å². The molecule has 2 heterocycles. The molecule has 182 valence electrons. The Labute approximate surface area is 210 Å². The van der Waals surface area contributed by atoms with E-state index in [-0.39, 0.29) is 11.9 Å². The van der Waals surface area contributed by atoms with Crippen molar-refractivity contribution in [2.24, 2.45) is 0 Å². The summed E-state index contributed by atoms with van der Waals surface area (Å²) < 4.78 is 3.77. The van der Waals surface area contributed by atoms with Gasteiger partial charge in [0, 0.05) is 30.4 Å². The van der Waals surface area contributed by atoms with Crippen molar-refractivity contribution in [2.45, 2.75) is 39.0 Å². The van der Waals surface area contributed by atoms with Crippen LogP contribution in [0.3, 0.4) is 0 Å². The van der Waals surface area contributed by atoms with Gasteiger partial charge in [-0.2, -0.15) is 5.10 Å². The van der Waals surface area contributed by atoms with E-state index in [1.807, 2.05) is 104 Å². The number of imidazole rings is 1. The Morgan fingerprint density at radius 3 is 2.17 bits per heavy atom. The third-order valence-corrected chi connectivity index (χ3v) is 6.38. The third-order valence-electron chi connectivity index (χ3n) is 6.38. The van der Waals surface area contributed by atoms with Crippen LogP contribution in [0.4, 0.5) is 5.82 Å². The van der Waals surface area contributed by atoms with Crippen LogP contribution in [0.25, 0.3) is 11.0 Å². The fourth-order valence-corrected chi connectivity index (χ4v) is 4.59. The zero-order valence-electron chi connectivity index (χ0n) is 20.6. The third kappa shape index (κ3) is 4.07. The van der Waals surface area contributed by atoms with E-state index < -0.39 is 5.60 Å². The zero-order valence-corrected chi connectivity index (χ0v) is 20.6. The topological polar surface area (TPSA) is 85.0 Å². The summed E-state index contributed by atoms with van der Waals surface area (Å²) >= 11 is 0. The van der Waals surface area contributed by atoms with E-state index in [0.29, 0.717) is 22.7 Å². The zero-order chi connectivity index (χ0) is 25.3. The van der Waals surface area contributed by atoms with Crippen molar-refractivity contribution in [3.63, 3.8) is 0 Å². The van der Waals surface area contributed by atoms with Gasteiger partial charge in [0.2, 0.25) is 0 Å². The van der Waals surface area contributed by atoms with Gasteiger partial charge in [-0.25, -0.2) is 4.98 Å². The van der Waals surface area contributed by atoms with Gasteiger partial charge >= 0.3 is 0 Å². The van der Waals surface area contributed by atoms with Crippen LogP contribution in [0.5, 0.6) is 0 Å². The number of aliphatic hydroxyl groups is 1. The molecule has 0 aliphatic carbocycles. The first-order chi connectivity index (χ1) is 17.4. The van der Waals surface area contributed by atoms with E-state index in [2.05, 4.69) is 10.4 Å². The maximum Gasteiger partial charge on any atom is 0.256 e. The average molecular weight is 480 g/mol. The van der Waals surface area contributed by atoms with Gasteiger partial charge in [0.15, 0.2) is 17.2 Å². The van der Waals surface area contributed by atoms with Crippen LogP contribution < -0.4 is 5.32 Å². The van der Waals surface area contributed by atoms with Crippen LogP contribution in [-0.4, -0.2) is 30.3 Å². The summed E-state index contributed by atoms with van der Waals surface area (Å²) in [7, 11) is 0. The van der Waals surface area contributed by atoms with Crippen molar-refractivity contribution in [1.29, 1.82) is 0 Å². The lowest BCUT2D eigenvalue weighted by molar-refractivity contribution is 0.102. The number of aryl methyl sites for hydroxylation is 1. The Bertz CT molecular complexity index is 1460. The summed E-state index contributed by atoms with van der Waals surface area (Å²) in [6.45, 7) is 6.81. The number of aromatic nitrogens is 4. The van der Waals surface area contributed by atoms with Gasteiger partial charge in [-0.15, -0.1) is 0 Å². The molecule has 0 radical (unpaired) electrons. The van der Waals surface area contributed by atoms with Crippen LogP contribution in [-0.2, 0) is 12.1 Å². The van der Waals surface area contributed by atoms with E-state index in [0.717, 1.165) is 23.2 Å². The standard InChI is InChI=1S/C29H29N5O2/c1-4-33-18-17-26(32-33)31-27(35)21-15-16-24-25(19-21)34(20(2)3)28(30-24)29(36,22-11-7-5-8-12-22)23-13-9-6-10-14-23/h5-20,36H,4H2,1-3H3,(H,31,32,35). The van der Waals surface area contributed by atoms with Gasteiger partial charge in [0.25, 0.3) is 5.91 Å². The molecule has 1 amide bonds. The van der Waals surface area contributed by atoms with Crippen molar-refractivity contribution in [1.82, 2.24) is 19.3 Å². The molecule has 0 atom stereocenters. The molecule has 0 saturated heterocycles. The molecule has 0 aliphatic rings. The number of carbonyl (C=O) groups excluding carboxylic acids is 1. The summed E-state index contributed by atoms with van der Waals surface area (Å²) in [6.07, 6.45) is 1.83. The molecule has 0 bridgehead atoms. The number of benzene rings is 3. The highest BCUT2D eigenvalue weighted by Gasteiger charge is 2.39. The molecule has 2 N–H and O–H groups in total. The Hall–Kier alpha value is -4.23. The second kappa shape index (κ2) is 9.43. The normalized spacial score (nSPS) is 11.8. The van der Waals surface area contributed by atoms with Crippen molar-refractivity contribution >= 4 is 22.8 Å². The first kappa shape index (κ1) is 23.5. The van der Waals surface area contributed by atoms with E-state index in [1.165, 1.54) is 0 Å². The largest absolute Gasteiger partial charge is 0.373 e. The van der Waals surface area contributed by atoms with E-state index >= 15 is 0 Å². The highest BCUT2D eigenvalue weighted by Crippen LogP contribution is 2.39. The molecule has 36 heavy (non-hydrogen) atoms. The number of nitrogens with one attached hydrogen (secondary N) is 1. The minimum atomic E-state index is -1.48. The fourth-order valence-electron chi connectivity index (χ4n) is 4.59. The summed E-state index contributed by atoms with van der Waals surface area (Å²) in [5.74, 6) is 0.754. The van der Waals surface area contributed by atoms with Crippen molar-refractivity contribution in [3.8, 4) is 0 Å². The fraction of sp³-hybridized carbons (Fsp3) is 0.207. The second-order valence-corrected chi connectivity index (χ2v) is 9.06. The molecular formula is C29H29N5O2. The van der Waals surface area contributed by atoms with Gasteiger partial charge in [-0.05, 0) is 50.1 Å². The smallest absolute Gasteiger partial charge is 0.256 e. The number of fused-ring (bicyclic) bond motifs is 1. The molecule has 0 saturated carbocycles. The molecule has 3 aromatic carbocycles. The van der Waals surface area contributed by atoms with Crippen LogP contribution in [0.15, 0.2) is 91.1 Å². The maximum atomic E-state index is 13.0. The molecule has 0 spiro atoms. The van der Waals surface area contributed by atoms with Crippen LogP contribution in [0.2, 0.25) is 0 Å². The number of rotatable bonds is 7. The lowest BCUT2D eigenvalue weighted by atomic mass is 9.85. The van der Waals surface area contributed by atoms with Gasteiger partial charge in [-0.1, -0.05) is 60.7 Å². The summed E-state index contributed by atoms with van der Waals surface area (Å²) in [5, 5.41) is 19.6. The minimum absolute atomic E-state index is 0.0255. The lowest BCUT2D eigenvalue weighted by Gasteiger charge is -2.30. The molecule has 7 nitrogen and oxygen atoms in total. The van der Waals surface area contributed by atoms with Gasteiger partial charge in [0.05, 0.1) is 11.0 Å². The predicted octanol–water partition coefficient (Wildman–Crippen LogP) is 5.37. The number of carbonyl (C=O) groups is 1. The maximum absolute atomic E-state index is 13.0. The van der Waals surface area contributed by atoms with Crippen LogP contribution >= 0.6 is 0 Å². The van der Waals surface area contributed by atoms with Gasteiger partial charge < -0.3 is 15.0 Å². The van der Waals surface area contributed by atoms with Gasteiger partial charge in [-0.3, -0.25) is 9.48 Å². The summed E-state index contributed by atoms with van der Waals surface area (Å²) in [4.78, 5) is 18.0. The number of amides is 1. The number of hydrogen-bond donors (Lipinski definition) is 2. The Morgan fingerprint density at radius 1 is 0.972 bits per heavy atom. The first-order valence-corrected chi connectivity index (χ1v) is 12.1. The quantitative estimate of drug-likeness (QED) is 0.329. The monoisotopic (exact) mass is 479 g/mol. The lowest BCUT2D eigenvalue weighted by Crippen LogP contribution is -2.33. The molecule has 0 aliphatic heterocycles. The number of nitrogens with zero attached hydrogens (tertiary/aromatic N) is 4. The minimum Gasteiger partial charge on any atom is -0.373 e. The van der Waals surface area contributed by atoms with E-state index in [9.17, 15) is 9.90 Å². The van der Waals surface area contributed by atoms with Gasteiger partial charge in [0.1, 0.15) is 0 Å². The highest BCUT2D eigenvalue weighted by molar-refractivity contribution is 6.05. The van der Waals surface area contributed by atoms with Crippen LogP contribution in [0, 0.1) is 0 Å². The average Bonchev–Trinajstić information content (AvgIpc) is 3.53. The molecule has 5 aromatic rings. The van der Waals surface area contributed by atoms with Crippen molar-refractivity contribution in [2.75, 3.05) is 5.32 Å². The van der Waals surface area contributed by atoms with Crippen molar-refractivity contribution < 1.29 is 9.90 Å². The van der Waals surface area contributed by atoms with E-state index in [4.69, 9.17) is 4.98 Å². The Morgan fingerprint density at radius 2 is 1.61 bits per heavy atom. The Balaban J connectivity index is 1.65. The highest BCUT2D eigenvalue weighted by atomic mass is 16.3. The summed E-state index contributed by atoms with van der Waals surface area (Å²) in [6, 6.07) is 26.3. The summed E-state index contributed by atoms with van der Waals surface area (Å²) in [5.41, 5.74) is 1.93. The molecule has 0 unspecified atom stereocenters. The SMILES string of the molecule is CCn1ccc(NC(=O)c2ccc3nc(C(O)(c4ccccc4)c4ccccc4)n(C(C)C)c3c2)n1. The predicted molar refractivity (Wildman–Crippen MR) is 141 cm³/mol. The second-order valence-electron chi connectivity index (χ2n) is 9.06. The first-order valence-electron chi connectivity index (χ1n) is 12.1. The molecular weight excluding hydrogens is 450 g/mol. The Kier molecular flexibility index (Phi) is 6.16. The molecule has 7 heteroatoms. The molecule has 5 rings (SSSR count).